The Labute approximate surface area is 140 Å². The third-order valence-electron chi connectivity index (χ3n) is 3.07. The Bertz CT molecular complexity index is 577. The van der Waals surface area contributed by atoms with E-state index in [2.05, 4.69) is 0 Å². The highest BCUT2D eigenvalue weighted by molar-refractivity contribution is 5.74. The number of esters is 2. The van der Waals surface area contributed by atoms with Crippen LogP contribution in [0, 0.1) is 10.1 Å². The molecule has 0 fully saturated rings. The lowest BCUT2D eigenvalue weighted by atomic mass is 10.2. The third kappa shape index (κ3) is 8.23. The van der Waals surface area contributed by atoms with Crippen LogP contribution in [0.2, 0.25) is 0 Å². The van der Waals surface area contributed by atoms with E-state index in [0.717, 1.165) is 0 Å². The van der Waals surface area contributed by atoms with Crippen LogP contribution in [0.3, 0.4) is 0 Å². The Kier molecular flexibility index (Phi) is 7.31. The smallest absolute Gasteiger partial charge is 0.311 e. The lowest BCUT2D eigenvalue weighted by Gasteiger charge is -2.23. The van der Waals surface area contributed by atoms with Crippen LogP contribution in [0.25, 0.3) is 0 Å². The van der Waals surface area contributed by atoms with E-state index >= 15 is 0 Å². The van der Waals surface area contributed by atoms with E-state index in [9.17, 15) is 19.7 Å². The number of benzene rings is 1. The maximum Gasteiger partial charge on any atom is 0.311 e. The standard InChI is InChI=1S/C16H23N2O6/c1-18(2,3)11-12-23-15(19)5-4-6-16(20)24-14-9-7-13(8-10-14)17(21)22/h7-10H,4-6,11-12H2,1-3H3/q+1. The van der Waals surface area contributed by atoms with Gasteiger partial charge in [-0.25, -0.2) is 0 Å². The molecular weight excluding hydrogens is 316 g/mol. The van der Waals surface area contributed by atoms with Crippen LogP contribution >= 0.6 is 0 Å². The molecule has 0 N–H and O–H groups in total. The van der Waals surface area contributed by atoms with Gasteiger partial charge in [0.05, 0.1) is 26.1 Å². The van der Waals surface area contributed by atoms with Crippen LogP contribution in [0.4, 0.5) is 5.69 Å². The zero-order valence-corrected chi connectivity index (χ0v) is 14.2. The summed E-state index contributed by atoms with van der Waals surface area (Å²) in [7, 11) is 6.01. The number of carbonyl (C=O) groups excluding carboxylic acids is 2. The summed E-state index contributed by atoms with van der Waals surface area (Å²) in [5.74, 6) is -0.606. The van der Waals surface area contributed by atoms with Crippen molar-refractivity contribution in [3.05, 3.63) is 34.4 Å². The summed E-state index contributed by atoms with van der Waals surface area (Å²) in [6.45, 7) is 1.06. The predicted molar refractivity (Wildman–Crippen MR) is 86.4 cm³/mol. The number of carbonyl (C=O) groups is 2. The van der Waals surface area contributed by atoms with E-state index in [0.29, 0.717) is 24.1 Å². The van der Waals surface area contributed by atoms with Gasteiger partial charge in [0.15, 0.2) is 0 Å². The summed E-state index contributed by atoms with van der Waals surface area (Å²) in [5.41, 5.74) is -0.0774. The summed E-state index contributed by atoms with van der Waals surface area (Å²) >= 11 is 0. The molecule has 0 saturated carbocycles. The van der Waals surface area contributed by atoms with Crippen LogP contribution in [0.1, 0.15) is 19.3 Å². The lowest BCUT2D eigenvalue weighted by molar-refractivity contribution is -0.870. The molecule has 0 aliphatic carbocycles. The van der Waals surface area contributed by atoms with E-state index in [1.807, 2.05) is 21.1 Å². The molecule has 0 aliphatic rings. The van der Waals surface area contributed by atoms with Gasteiger partial charge in [-0.3, -0.25) is 19.7 Å². The Morgan fingerprint density at radius 3 is 2.21 bits per heavy atom. The van der Waals surface area contributed by atoms with Crippen LogP contribution in [-0.4, -0.2) is 55.6 Å². The lowest BCUT2D eigenvalue weighted by Crippen LogP contribution is -2.38. The third-order valence-corrected chi connectivity index (χ3v) is 3.07. The van der Waals surface area contributed by atoms with Crippen molar-refractivity contribution in [2.45, 2.75) is 19.3 Å². The van der Waals surface area contributed by atoms with Gasteiger partial charge in [-0.05, 0) is 18.6 Å². The Morgan fingerprint density at radius 2 is 1.67 bits per heavy atom. The summed E-state index contributed by atoms with van der Waals surface area (Å²) in [5, 5.41) is 10.5. The quantitative estimate of drug-likeness (QED) is 0.224. The van der Waals surface area contributed by atoms with Crippen molar-refractivity contribution in [1.82, 2.24) is 0 Å². The average Bonchev–Trinajstić information content (AvgIpc) is 2.46. The first-order valence-corrected chi connectivity index (χ1v) is 7.58. The maximum atomic E-state index is 11.6. The fraction of sp³-hybridized carbons (Fsp3) is 0.500. The Hall–Kier alpha value is -2.48. The van der Waals surface area contributed by atoms with Gasteiger partial charge in [0.1, 0.15) is 18.9 Å². The topological polar surface area (TPSA) is 95.7 Å². The van der Waals surface area contributed by atoms with Gasteiger partial charge in [0.25, 0.3) is 5.69 Å². The Balaban J connectivity index is 2.24. The van der Waals surface area contributed by atoms with Crippen molar-refractivity contribution in [2.75, 3.05) is 34.3 Å². The van der Waals surface area contributed by atoms with E-state index in [4.69, 9.17) is 9.47 Å². The van der Waals surface area contributed by atoms with Crippen molar-refractivity contribution >= 4 is 17.6 Å². The number of likely N-dealkylation sites (N-methyl/N-ethyl adjacent to an activating group) is 1. The molecule has 0 bridgehead atoms. The summed E-state index contributed by atoms with van der Waals surface area (Å²) in [4.78, 5) is 33.2. The zero-order valence-electron chi connectivity index (χ0n) is 14.2. The number of ether oxygens (including phenoxy) is 2. The molecule has 1 aromatic rings. The molecule has 0 aromatic heterocycles. The first kappa shape index (κ1) is 19.6. The van der Waals surface area contributed by atoms with Gasteiger partial charge in [0.2, 0.25) is 0 Å². The largest absolute Gasteiger partial charge is 0.460 e. The van der Waals surface area contributed by atoms with Gasteiger partial charge in [-0.1, -0.05) is 0 Å². The number of non-ortho nitro benzene ring substituents is 1. The van der Waals surface area contributed by atoms with Crippen LogP contribution in [-0.2, 0) is 14.3 Å². The molecule has 8 nitrogen and oxygen atoms in total. The number of nitro groups is 1. The van der Waals surface area contributed by atoms with Gasteiger partial charge in [0, 0.05) is 25.0 Å². The first-order chi connectivity index (χ1) is 11.2. The minimum Gasteiger partial charge on any atom is -0.460 e. The van der Waals surface area contributed by atoms with E-state index in [1.165, 1.54) is 24.3 Å². The number of nitrogens with zero attached hydrogens (tertiary/aromatic N) is 2. The van der Waals surface area contributed by atoms with Crippen molar-refractivity contribution in [1.29, 1.82) is 0 Å². The molecule has 0 unspecified atom stereocenters. The molecule has 0 saturated heterocycles. The summed E-state index contributed by atoms with van der Waals surface area (Å²) in [6, 6.07) is 5.23. The van der Waals surface area contributed by atoms with Gasteiger partial charge < -0.3 is 14.0 Å². The Morgan fingerprint density at radius 1 is 1.08 bits per heavy atom. The monoisotopic (exact) mass is 339 g/mol. The fourth-order valence-electron chi connectivity index (χ4n) is 1.70. The highest BCUT2D eigenvalue weighted by atomic mass is 16.6. The first-order valence-electron chi connectivity index (χ1n) is 7.58. The molecule has 1 rings (SSSR count). The highest BCUT2D eigenvalue weighted by Gasteiger charge is 2.12. The summed E-state index contributed by atoms with van der Waals surface area (Å²) < 4.78 is 10.8. The predicted octanol–water partition coefficient (Wildman–Crippen LogP) is 1.92. The van der Waals surface area contributed by atoms with Crippen LogP contribution in [0.5, 0.6) is 5.75 Å². The van der Waals surface area contributed by atoms with Gasteiger partial charge in [-0.15, -0.1) is 0 Å². The number of hydrogen-bond acceptors (Lipinski definition) is 6. The second kappa shape index (κ2) is 8.97. The van der Waals surface area contributed by atoms with Crippen LogP contribution in [0.15, 0.2) is 24.3 Å². The van der Waals surface area contributed by atoms with Gasteiger partial charge >= 0.3 is 11.9 Å². The van der Waals surface area contributed by atoms with E-state index < -0.39 is 10.9 Å². The SMILES string of the molecule is C[N+](C)(C)CCOC(=O)CCCC(=O)Oc1ccc([N+](=O)[O-])cc1. The van der Waals surface area contributed by atoms with Gasteiger partial charge in [-0.2, -0.15) is 0 Å². The van der Waals surface area contributed by atoms with Crippen molar-refractivity contribution in [3.8, 4) is 5.75 Å². The minimum absolute atomic E-state index is 0.0709. The molecule has 0 spiro atoms. The van der Waals surface area contributed by atoms with E-state index in [-0.39, 0.29) is 30.2 Å². The van der Waals surface area contributed by atoms with Crippen molar-refractivity contribution < 1.29 is 28.5 Å². The molecular formula is C16H23N2O6+. The zero-order chi connectivity index (χ0) is 18.2. The molecule has 132 valence electrons. The second-order valence-electron chi connectivity index (χ2n) is 6.31. The molecule has 8 heteroatoms. The molecule has 0 amide bonds. The number of quaternary nitrogens is 1. The van der Waals surface area contributed by atoms with Crippen molar-refractivity contribution in [3.63, 3.8) is 0 Å². The fourth-order valence-corrected chi connectivity index (χ4v) is 1.70. The molecule has 0 heterocycles. The number of nitro benzene ring substituents is 1. The molecule has 24 heavy (non-hydrogen) atoms. The normalized spacial score (nSPS) is 11.0. The molecule has 1 aromatic carbocycles. The molecule has 0 aliphatic heterocycles. The summed E-state index contributed by atoms with van der Waals surface area (Å²) in [6.07, 6.45) is 0.545. The second-order valence-corrected chi connectivity index (χ2v) is 6.31. The minimum atomic E-state index is -0.532. The van der Waals surface area contributed by atoms with Crippen LogP contribution < -0.4 is 4.74 Å². The average molecular weight is 339 g/mol. The van der Waals surface area contributed by atoms with Crippen molar-refractivity contribution in [2.24, 2.45) is 0 Å². The van der Waals surface area contributed by atoms with E-state index in [1.54, 1.807) is 0 Å². The number of rotatable bonds is 9. The molecule has 0 atom stereocenters. The number of hydrogen-bond donors (Lipinski definition) is 0. The molecule has 0 radical (unpaired) electrons. The highest BCUT2D eigenvalue weighted by Crippen LogP contribution is 2.18. The maximum absolute atomic E-state index is 11.6.